The molecule has 2 aromatic rings. The minimum Gasteiger partial charge on any atom is -0.489 e. The molecule has 0 spiro atoms. The summed E-state index contributed by atoms with van der Waals surface area (Å²) < 4.78 is 5.64. The SMILES string of the molecule is O=C(O)CCSc1cc(OCc2ccccc2)ccc1[N+](=O)[O-]. The summed E-state index contributed by atoms with van der Waals surface area (Å²) >= 11 is 1.14. The van der Waals surface area contributed by atoms with Crippen LogP contribution in [0.4, 0.5) is 5.69 Å². The van der Waals surface area contributed by atoms with Gasteiger partial charge in [-0.05, 0) is 11.6 Å². The van der Waals surface area contributed by atoms with Gasteiger partial charge in [0, 0.05) is 17.9 Å². The molecule has 0 saturated heterocycles. The van der Waals surface area contributed by atoms with Gasteiger partial charge in [-0.3, -0.25) is 14.9 Å². The van der Waals surface area contributed by atoms with Crippen LogP contribution in [0.1, 0.15) is 12.0 Å². The van der Waals surface area contributed by atoms with Crippen molar-refractivity contribution in [3.63, 3.8) is 0 Å². The number of hydrogen-bond donors (Lipinski definition) is 1. The van der Waals surface area contributed by atoms with E-state index in [4.69, 9.17) is 9.84 Å². The number of nitro benzene ring substituents is 1. The molecule has 1 N–H and O–H groups in total. The summed E-state index contributed by atoms with van der Waals surface area (Å²) in [5.74, 6) is -0.160. The smallest absolute Gasteiger partial charge is 0.304 e. The molecule has 0 aliphatic carbocycles. The van der Waals surface area contributed by atoms with Crippen LogP contribution in [0.3, 0.4) is 0 Å². The monoisotopic (exact) mass is 333 g/mol. The lowest BCUT2D eigenvalue weighted by Gasteiger charge is -2.08. The first-order chi connectivity index (χ1) is 11.1. The van der Waals surface area contributed by atoms with Crippen molar-refractivity contribution in [1.82, 2.24) is 0 Å². The van der Waals surface area contributed by atoms with E-state index in [9.17, 15) is 14.9 Å². The van der Waals surface area contributed by atoms with E-state index in [0.717, 1.165) is 17.3 Å². The number of ether oxygens (including phenoxy) is 1. The molecular formula is C16H15NO5S. The maximum atomic E-state index is 11.0. The van der Waals surface area contributed by atoms with Crippen molar-refractivity contribution in [2.24, 2.45) is 0 Å². The van der Waals surface area contributed by atoms with E-state index in [2.05, 4.69) is 0 Å². The summed E-state index contributed by atoms with van der Waals surface area (Å²) in [4.78, 5) is 21.5. The molecule has 6 nitrogen and oxygen atoms in total. The van der Waals surface area contributed by atoms with E-state index in [-0.39, 0.29) is 17.9 Å². The molecule has 0 unspecified atom stereocenters. The van der Waals surface area contributed by atoms with E-state index in [0.29, 0.717) is 17.3 Å². The Balaban J connectivity index is 2.08. The molecule has 0 heterocycles. The van der Waals surface area contributed by atoms with E-state index in [1.54, 1.807) is 12.1 Å². The summed E-state index contributed by atoms with van der Waals surface area (Å²) in [5.41, 5.74) is 0.943. The van der Waals surface area contributed by atoms with E-state index in [1.807, 2.05) is 30.3 Å². The van der Waals surface area contributed by atoms with Crippen LogP contribution in [0.5, 0.6) is 5.75 Å². The highest BCUT2D eigenvalue weighted by molar-refractivity contribution is 7.99. The Labute approximate surface area is 137 Å². The molecule has 7 heteroatoms. The quantitative estimate of drug-likeness (QED) is 0.449. The van der Waals surface area contributed by atoms with Gasteiger partial charge < -0.3 is 9.84 Å². The molecule has 0 amide bonds. The highest BCUT2D eigenvalue weighted by Crippen LogP contribution is 2.33. The first kappa shape index (κ1) is 16.8. The average molecular weight is 333 g/mol. The van der Waals surface area contributed by atoms with Gasteiger partial charge in [0.05, 0.1) is 16.2 Å². The molecule has 0 atom stereocenters. The first-order valence-electron chi connectivity index (χ1n) is 6.86. The molecule has 2 rings (SSSR count). The van der Waals surface area contributed by atoms with Gasteiger partial charge in [-0.25, -0.2) is 0 Å². The molecule has 23 heavy (non-hydrogen) atoms. The largest absolute Gasteiger partial charge is 0.489 e. The van der Waals surface area contributed by atoms with Crippen LogP contribution >= 0.6 is 11.8 Å². The molecule has 0 radical (unpaired) electrons. The lowest BCUT2D eigenvalue weighted by molar-refractivity contribution is -0.387. The van der Waals surface area contributed by atoms with Gasteiger partial charge in [-0.1, -0.05) is 30.3 Å². The normalized spacial score (nSPS) is 10.3. The molecule has 0 aromatic heterocycles. The second-order valence-corrected chi connectivity index (χ2v) is 5.79. The Kier molecular flexibility index (Phi) is 5.99. The Bertz CT molecular complexity index is 690. The summed E-state index contributed by atoms with van der Waals surface area (Å²) in [6.45, 7) is 0.359. The fourth-order valence-electron chi connectivity index (χ4n) is 1.84. The third kappa shape index (κ3) is 5.30. The van der Waals surface area contributed by atoms with Crippen molar-refractivity contribution >= 4 is 23.4 Å². The zero-order chi connectivity index (χ0) is 16.7. The summed E-state index contributed by atoms with van der Waals surface area (Å²) in [7, 11) is 0. The minimum absolute atomic E-state index is 0.0487. The van der Waals surface area contributed by atoms with Gasteiger partial charge in [0.25, 0.3) is 5.69 Å². The molecule has 0 aliphatic heterocycles. The van der Waals surface area contributed by atoms with Crippen molar-refractivity contribution in [3.8, 4) is 5.75 Å². The third-order valence-electron chi connectivity index (χ3n) is 2.95. The Morgan fingerprint density at radius 2 is 1.96 bits per heavy atom. The van der Waals surface area contributed by atoms with Crippen molar-refractivity contribution in [2.75, 3.05) is 5.75 Å². The topological polar surface area (TPSA) is 89.7 Å². The van der Waals surface area contributed by atoms with E-state index < -0.39 is 10.9 Å². The number of carbonyl (C=O) groups is 1. The van der Waals surface area contributed by atoms with Gasteiger partial charge >= 0.3 is 5.97 Å². The molecule has 120 valence electrons. The predicted octanol–water partition coefficient (Wildman–Crippen LogP) is 3.74. The number of thioether (sulfide) groups is 1. The van der Waals surface area contributed by atoms with Gasteiger partial charge in [-0.15, -0.1) is 11.8 Å². The summed E-state index contributed by atoms with van der Waals surface area (Å²) in [6.07, 6.45) is -0.0586. The Morgan fingerprint density at radius 3 is 2.61 bits per heavy atom. The second-order valence-electron chi connectivity index (χ2n) is 4.65. The van der Waals surface area contributed by atoms with Gasteiger partial charge in [0.2, 0.25) is 0 Å². The highest BCUT2D eigenvalue weighted by Gasteiger charge is 2.15. The lowest BCUT2D eigenvalue weighted by Crippen LogP contribution is -1.99. The first-order valence-corrected chi connectivity index (χ1v) is 7.84. The fraction of sp³-hybridized carbons (Fsp3) is 0.188. The number of aliphatic carboxylic acids is 1. The number of benzene rings is 2. The zero-order valence-corrected chi connectivity index (χ0v) is 13.0. The van der Waals surface area contributed by atoms with Crippen LogP contribution in [0.15, 0.2) is 53.4 Å². The number of hydrogen-bond acceptors (Lipinski definition) is 5. The van der Waals surface area contributed by atoms with Crippen LogP contribution in [-0.4, -0.2) is 21.8 Å². The van der Waals surface area contributed by atoms with Crippen molar-refractivity contribution < 1.29 is 19.6 Å². The standard InChI is InChI=1S/C16H15NO5S/c18-16(19)8-9-23-15-10-13(6-7-14(15)17(20)21)22-11-12-4-2-1-3-5-12/h1-7,10H,8-9,11H2,(H,18,19). The Hall–Kier alpha value is -2.54. The fourth-order valence-corrected chi connectivity index (χ4v) is 2.83. The van der Waals surface area contributed by atoms with Gasteiger partial charge in [0.1, 0.15) is 12.4 Å². The summed E-state index contributed by atoms with van der Waals surface area (Å²) in [6, 6.07) is 14.1. The molecule has 0 aliphatic rings. The number of carboxylic acid groups (broad SMARTS) is 1. The lowest BCUT2D eigenvalue weighted by atomic mass is 10.2. The maximum absolute atomic E-state index is 11.0. The van der Waals surface area contributed by atoms with Gasteiger partial charge in [-0.2, -0.15) is 0 Å². The third-order valence-corrected chi connectivity index (χ3v) is 4.00. The van der Waals surface area contributed by atoms with Crippen LogP contribution in [0, 0.1) is 10.1 Å². The molecule has 2 aromatic carbocycles. The zero-order valence-electron chi connectivity index (χ0n) is 12.2. The second kappa shape index (κ2) is 8.19. The number of rotatable bonds is 8. The molecular weight excluding hydrogens is 318 g/mol. The predicted molar refractivity (Wildman–Crippen MR) is 86.8 cm³/mol. The maximum Gasteiger partial charge on any atom is 0.304 e. The molecule has 0 saturated carbocycles. The summed E-state index contributed by atoms with van der Waals surface area (Å²) in [5, 5.41) is 19.7. The van der Waals surface area contributed by atoms with Crippen molar-refractivity contribution in [1.29, 1.82) is 0 Å². The minimum atomic E-state index is -0.934. The number of carboxylic acids is 1. The average Bonchev–Trinajstić information content (AvgIpc) is 2.53. The van der Waals surface area contributed by atoms with Crippen LogP contribution in [-0.2, 0) is 11.4 Å². The van der Waals surface area contributed by atoms with Crippen LogP contribution in [0.25, 0.3) is 0 Å². The van der Waals surface area contributed by atoms with Gasteiger partial charge in [0.15, 0.2) is 0 Å². The van der Waals surface area contributed by atoms with Crippen molar-refractivity contribution in [3.05, 3.63) is 64.2 Å². The number of nitro groups is 1. The van der Waals surface area contributed by atoms with Crippen LogP contribution < -0.4 is 4.74 Å². The highest BCUT2D eigenvalue weighted by atomic mass is 32.2. The van der Waals surface area contributed by atoms with E-state index >= 15 is 0 Å². The number of nitrogens with zero attached hydrogens (tertiary/aromatic N) is 1. The molecule has 0 fully saturated rings. The van der Waals surface area contributed by atoms with Crippen LogP contribution in [0.2, 0.25) is 0 Å². The van der Waals surface area contributed by atoms with Crippen molar-refractivity contribution in [2.45, 2.75) is 17.9 Å². The van der Waals surface area contributed by atoms with E-state index in [1.165, 1.54) is 6.07 Å². The Morgan fingerprint density at radius 1 is 1.22 bits per heavy atom. The molecule has 0 bridgehead atoms.